The van der Waals surface area contributed by atoms with Crippen LogP contribution in [0.15, 0.2) is 0 Å². The average Bonchev–Trinajstić information content (AvgIpc) is 2.29. The lowest BCUT2D eigenvalue weighted by Gasteiger charge is -2.33. The minimum absolute atomic E-state index is 0.369. The first-order chi connectivity index (χ1) is 8.17. The minimum Gasteiger partial charge on any atom is -0.480 e. The summed E-state index contributed by atoms with van der Waals surface area (Å²) in [4.78, 5) is 13.6. The van der Waals surface area contributed by atoms with Gasteiger partial charge in [-0.25, -0.2) is 0 Å². The molecule has 0 radical (unpaired) electrons. The van der Waals surface area contributed by atoms with Gasteiger partial charge in [-0.3, -0.25) is 4.79 Å². The smallest absolute Gasteiger partial charge is 0.320 e. The Labute approximate surface area is 104 Å². The van der Waals surface area contributed by atoms with Crippen LogP contribution in [0, 0.1) is 5.92 Å². The molecule has 17 heavy (non-hydrogen) atoms. The number of piperidine rings is 1. The maximum Gasteiger partial charge on any atom is 0.320 e. The van der Waals surface area contributed by atoms with Crippen LogP contribution in [0.2, 0.25) is 0 Å². The number of carboxylic acid groups (broad SMARTS) is 1. The van der Waals surface area contributed by atoms with Crippen LogP contribution in [0.4, 0.5) is 0 Å². The molecule has 2 N–H and O–H groups in total. The van der Waals surface area contributed by atoms with Crippen molar-refractivity contribution < 1.29 is 9.90 Å². The van der Waals surface area contributed by atoms with Gasteiger partial charge in [0, 0.05) is 6.54 Å². The first-order valence-electron chi connectivity index (χ1n) is 6.85. The van der Waals surface area contributed by atoms with E-state index in [4.69, 9.17) is 5.11 Å². The molecule has 4 nitrogen and oxygen atoms in total. The van der Waals surface area contributed by atoms with Gasteiger partial charge < -0.3 is 15.3 Å². The molecule has 1 rings (SSSR count). The van der Waals surface area contributed by atoms with Crippen LogP contribution in [-0.4, -0.2) is 48.2 Å². The Morgan fingerprint density at radius 3 is 2.88 bits per heavy atom. The number of aliphatic carboxylic acids is 1. The summed E-state index contributed by atoms with van der Waals surface area (Å²) in [6, 6.07) is -0.369. The quantitative estimate of drug-likeness (QED) is 0.711. The van der Waals surface area contributed by atoms with Crippen molar-refractivity contribution in [2.24, 2.45) is 5.92 Å². The van der Waals surface area contributed by atoms with Gasteiger partial charge in [-0.15, -0.1) is 0 Å². The lowest BCUT2D eigenvalue weighted by Crippen LogP contribution is -2.42. The molecule has 0 amide bonds. The maximum atomic E-state index is 11.1. The summed E-state index contributed by atoms with van der Waals surface area (Å²) < 4.78 is 0. The normalized spacial score (nSPS) is 23.5. The Kier molecular flexibility index (Phi) is 6.52. The summed E-state index contributed by atoms with van der Waals surface area (Å²) in [5.41, 5.74) is 0. The number of carbonyl (C=O) groups is 1. The average molecular weight is 242 g/mol. The fraction of sp³-hybridized carbons (Fsp3) is 0.923. The van der Waals surface area contributed by atoms with E-state index >= 15 is 0 Å². The molecule has 1 saturated heterocycles. The third kappa shape index (κ3) is 5.04. The molecule has 1 fully saturated rings. The zero-order valence-corrected chi connectivity index (χ0v) is 11.1. The highest BCUT2D eigenvalue weighted by atomic mass is 16.4. The lowest BCUT2D eigenvalue weighted by atomic mass is 9.91. The Morgan fingerprint density at radius 1 is 1.53 bits per heavy atom. The fourth-order valence-electron chi connectivity index (χ4n) is 2.71. The molecule has 0 aromatic rings. The van der Waals surface area contributed by atoms with Crippen LogP contribution in [0.3, 0.4) is 0 Å². The number of carboxylic acids is 1. The topological polar surface area (TPSA) is 52.6 Å². The van der Waals surface area contributed by atoms with Crippen molar-refractivity contribution in [2.45, 2.75) is 45.6 Å². The molecule has 0 aromatic heterocycles. The van der Waals surface area contributed by atoms with E-state index in [1.165, 1.54) is 25.8 Å². The van der Waals surface area contributed by atoms with E-state index < -0.39 is 5.97 Å². The molecule has 2 unspecified atom stereocenters. The number of hydrogen-bond donors (Lipinski definition) is 2. The molecule has 100 valence electrons. The van der Waals surface area contributed by atoms with E-state index in [9.17, 15) is 4.79 Å². The Hall–Kier alpha value is -0.610. The van der Waals surface area contributed by atoms with Gasteiger partial charge in [0.1, 0.15) is 6.04 Å². The molecule has 0 bridgehead atoms. The molecule has 4 heteroatoms. The van der Waals surface area contributed by atoms with Gasteiger partial charge in [0.2, 0.25) is 0 Å². The Balaban J connectivity index is 2.40. The number of hydrogen-bond acceptors (Lipinski definition) is 3. The molecule has 0 saturated carbocycles. The molecule has 0 spiro atoms. The summed E-state index contributed by atoms with van der Waals surface area (Å²) in [5.74, 6) is -0.171. The van der Waals surface area contributed by atoms with Crippen LogP contribution in [0.25, 0.3) is 0 Å². The Bertz CT molecular complexity index is 231. The van der Waals surface area contributed by atoms with Crippen LogP contribution >= 0.6 is 0 Å². The Morgan fingerprint density at radius 2 is 2.29 bits per heavy atom. The van der Waals surface area contributed by atoms with Gasteiger partial charge in [-0.1, -0.05) is 13.8 Å². The van der Waals surface area contributed by atoms with Crippen molar-refractivity contribution in [1.29, 1.82) is 0 Å². The third-order valence-electron chi connectivity index (χ3n) is 3.46. The molecule has 1 aliphatic heterocycles. The summed E-state index contributed by atoms with van der Waals surface area (Å²) in [7, 11) is 0. The van der Waals surface area contributed by atoms with Gasteiger partial charge in [0.15, 0.2) is 0 Å². The highest BCUT2D eigenvalue weighted by Crippen LogP contribution is 2.21. The van der Waals surface area contributed by atoms with Crippen LogP contribution in [0.5, 0.6) is 0 Å². The van der Waals surface area contributed by atoms with Crippen molar-refractivity contribution in [1.82, 2.24) is 10.2 Å². The molecular weight excluding hydrogens is 216 g/mol. The largest absolute Gasteiger partial charge is 0.480 e. The lowest BCUT2D eigenvalue weighted by molar-refractivity contribution is -0.140. The summed E-state index contributed by atoms with van der Waals surface area (Å²) in [6.45, 7) is 8.28. The zero-order valence-electron chi connectivity index (χ0n) is 11.1. The van der Waals surface area contributed by atoms with Gasteiger partial charge >= 0.3 is 5.97 Å². The molecule has 2 atom stereocenters. The van der Waals surface area contributed by atoms with Gasteiger partial charge in [-0.05, 0) is 51.2 Å². The highest BCUT2D eigenvalue weighted by molar-refractivity contribution is 5.73. The predicted molar refractivity (Wildman–Crippen MR) is 69.2 cm³/mol. The summed E-state index contributed by atoms with van der Waals surface area (Å²) >= 11 is 0. The number of rotatable bonds is 7. The maximum absolute atomic E-state index is 11.1. The first-order valence-corrected chi connectivity index (χ1v) is 6.85. The summed E-state index contributed by atoms with van der Waals surface area (Å²) in [6.07, 6.45) is 4.34. The van der Waals surface area contributed by atoms with Crippen molar-refractivity contribution in [3.63, 3.8) is 0 Å². The molecule has 1 heterocycles. The fourth-order valence-corrected chi connectivity index (χ4v) is 2.71. The molecule has 0 aromatic carbocycles. The zero-order chi connectivity index (χ0) is 12.7. The van der Waals surface area contributed by atoms with Crippen molar-refractivity contribution >= 4 is 5.97 Å². The number of nitrogens with one attached hydrogen (secondary N) is 1. The number of likely N-dealkylation sites (N-methyl/N-ethyl adjacent to an activating group) is 1. The van der Waals surface area contributed by atoms with E-state index in [0.29, 0.717) is 5.92 Å². The van der Waals surface area contributed by atoms with E-state index in [1.807, 2.05) is 6.92 Å². The van der Waals surface area contributed by atoms with Crippen LogP contribution in [-0.2, 0) is 4.79 Å². The monoisotopic (exact) mass is 242 g/mol. The second kappa shape index (κ2) is 7.67. The standard InChI is InChI=1S/C13H26N2O2/c1-3-7-15-8-5-6-11(10-15)9-12(13(16)17)14-4-2/h11-12,14H,3-10H2,1-2H3,(H,16,17). The highest BCUT2D eigenvalue weighted by Gasteiger charge is 2.25. The van der Waals surface area contributed by atoms with Gasteiger partial charge in [0.05, 0.1) is 0 Å². The molecular formula is C13H26N2O2. The van der Waals surface area contributed by atoms with Crippen molar-refractivity contribution in [3.8, 4) is 0 Å². The number of likely N-dealkylation sites (tertiary alicyclic amines) is 1. The first kappa shape index (κ1) is 14.5. The van der Waals surface area contributed by atoms with E-state index in [1.54, 1.807) is 0 Å². The van der Waals surface area contributed by atoms with E-state index in [-0.39, 0.29) is 6.04 Å². The van der Waals surface area contributed by atoms with Gasteiger partial charge in [-0.2, -0.15) is 0 Å². The predicted octanol–water partition coefficient (Wildman–Crippen LogP) is 1.56. The van der Waals surface area contributed by atoms with Crippen molar-refractivity contribution in [3.05, 3.63) is 0 Å². The molecule has 1 aliphatic rings. The third-order valence-corrected chi connectivity index (χ3v) is 3.46. The van der Waals surface area contributed by atoms with Crippen LogP contribution in [0.1, 0.15) is 39.5 Å². The van der Waals surface area contributed by atoms with E-state index in [0.717, 1.165) is 26.1 Å². The van der Waals surface area contributed by atoms with Crippen LogP contribution < -0.4 is 5.32 Å². The van der Waals surface area contributed by atoms with E-state index in [2.05, 4.69) is 17.1 Å². The number of nitrogens with zero attached hydrogens (tertiary/aromatic N) is 1. The molecule has 0 aliphatic carbocycles. The minimum atomic E-state index is -0.709. The SMILES string of the molecule is CCCN1CCCC(CC(NCC)C(=O)O)C1. The second-order valence-corrected chi connectivity index (χ2v) is 4.99. The second-order valence-electron chi connectivity index (χ2n) is 4.99. The van der Waals surface area contributed by atoms with Crippen molar-refractivity contribution in [2.75, 3.05) is 26.2 Å². The summed E-state index contributed by atoms with van der Waals surface area (Å²) in [5, 5.41) is 12.2. The van der Waals surface area contributed by atoms with Gasteiger partial charge in [0.25, 0.3) is 0 Å².